The van der Waals surface area contributed by atoms with E-state index in [1.54, 1.807) is 0 Å². The Balaban J connectivity index is 1.06. The first-order chi connectivity index (χ1) is 25.2. The van der Waals surface area contributed by atoms with Gasteiger partial charge in [0.1, 0.15) is 11.2 Å². The molecule has 0 aliphatic carbocycles. The molecule has 2 nitrogen and oxygen atoms in total. The Morgan fingerprint density at radius 1 is 0.314 bits per heavy atom. The number of nitrogens with zero attached hydrogens (tertiary/aromatic N) is 1. The minimum absolute atomic E-state index is 0.910. The smallest absolute Gasteiger partial charge is 0.135 e. The standard InChI is InChI=1S/C49H35NO/c1-34-11-13-36(14-12-34)39-19-26-43(27-20-39)50(44-28-21-40(22-29-44)38-17-15-37(16-18-38)35-7-3-2-4-8-35)45-30-23-41(24-31-45)42-25-32-49-47(33-42)46-9-5-6-10-48(46)51-49/h2-33H,1H3. The zero-order valence-electron chi connectivity index (χ0n) is 28.3. The third-order valence-corrected chi connectivity index (χ3v) is 9.80. The van der Waals surface area contributed by atoms with Gasteiger partial charge in [-0.25, -0.2) is 0 Å². The van der Waals surface area contributed by atoms with Gasteiger partial charge in [0.25, 0.3) is 0 Å². The first kappa shape index (κ1) is 30.4. The lowest BCUT2D eigenvalue weighted by Gasteiger charge is -2.26. The summed E-state index contributed by atoms with van der Waals surface area (Å²) in [6, 6.07) is 69.4. The zero-order valence-corrected chi connectivity index (χ0v) is 28.3. The number of aryl methyl sites for hydroxylation is 1. The van der Waals surface area contributed by atoms with Crippen LogP contribution in [-0.2, 0) is 0 Å². The van der Waals surface area contributed by atoms with Crippen LogP contribution in [0.3, 0.4) is 0 Å². The largest absolute Gasteiger partial charge is 0.456 e. The number of rotatable bonds is 7. The van der Waals surface area contributed by atoms with E-state index in [1.807, 2.05) is 12.1 Å². The van der Waals surface area contributed by atoms with Crippen molar-refractivity contribution in [2.45, 2.75) is 6.92 Å². The molecule has 242 valence electrons. The fourth-order valence-electron chi connectivity index (χ4n) is 6.99. The maximum absolute atomic E-state index is 6.09. The van der Waals surface area contributed by atoms with Crippen LogP contribution < -0.4 is 4.90 Å². The van der Waals surface area contributed by atoms with Crippen LogP contribution in [0.2, 0.25) is 0 Å². The van der Waals surface area contributed by atoms with Crippen molar-refractivity contribution in [2.24, 2.45) is 0 Å². The van der Waals surface area contributed by atoms with Crippen LogP contribution in [0.1, 0.15) is 5.56 Å². The van der Waals surface area contributed by atoms with Gasteiger partial charge in [0.05, 0.1) is 0 Å². The predicted molar refractivity (Wildman–Crippen MR) is 215 cm³/mol. The lowest BCUT2D eigenvalue weighted by Crippen LogP contribution is -2.09. The van der Waals surface area contributed by atoms with Gasteiger partial charge in [-0.2, -0.15) is 0 Å². The Morgan fingerprint density at radius 2 is 0.686 bits per heavy atom. The van der Waals surface area contributed by atoms with Crippen molar-refractivity contribution >= 4 is 39.0 Å². The maximum Gasteiger partial charge on any atom is 0.135 e. The SMILES string of the molecule is Cc1ccc(-c2ccc(N(c3ccc(-c4ccc(-c5ccccc5)cc4)cc3)c3ccc(-c4ccc5oc6ccccc6c5c4)cc3)cc2)cc1. The molecule has 8 aromatic carbocycles. The number of benzene rings is 8. The van der Waals surface area contributed by atoms with Crippen molar-refractivity contribution in [3.05, 3.63) is 200 Å². The Hall–Kier alpha value is -6.64. The molecule has 0 bridgehead atoms. The lowest BCUT2D eigenvalue weighted by atomic mass is 9.99. The van der Waals surface area contributed by atoms with Crippen molar-refractivity contribution in [1.29, 1.82) is 0 Å². The highest BCUT2D eigenvalue weighted by atomic mass is 16.3. The molecule has 9 rings (SSSR count). The van der Waals surface area contributed by atoms with E-state index < -0.39 is 0 Å². The van der Waals surface area contributed by atoms with Gasteiger partial charge in [0.2, 0.25) is 0 Å². The Labute approximate surface area is 298 Å². The monoisotopic (exact) mass is 653 g/mol. The van der Waals surface area contributed by atoms with Gasteiger partial charge in [-0.15, -0.1) is 0 Å². The fourth-order valence-corrected chi connectivity index (χ4v) is 6.99. The average molecular weight is 654 g/mol. The third kappa shape index (κ3) is 5.98. The molecule has 9 aromatic rings. The van der Waals surface area contributed by atoms with Gasteiger partial charge in [-0.1, -0.05) is 145 Å². The molecular weight excluding hydrogens is 619 g/mol. The second kappa shape index (κ2) is 13.0. The van der Waals surface area contributed by atoms with Crippen LogP contribution in [0, 0.1) is 6.92 Å². The quantitative estimate of drug-likeness (QED) is 0.170. The van der Waals surface area contributed by atoms with Gasteiger partial charge in [0, 0.05) is 27.8 Å². The molecule has 1 aromatic heterocycles. The highest BCUT2D eigenvalue weighted by Gasteiger charge is 2.15. The fraction of sp³-hybridized carbons (Fsp3) is 0.0204. The molecule has 0 aliphatic heterocycles. The van der Waals surface area contributed by atoms with Crippen molar-refractivity contribution < 1.29 is 4.42 Å². The molecule has 2 heteroatoms. The minimum Gasteiger partial charge on any atom is -0.456 e. The van der Waals surface area contributed by atoms with E-state index in [2.05, 4.69) is 194 Å². The normalized spacial score (nSPS) is 11.2. The van der Waals surface area contributed by atoms with Crippen molar-refractivity contribution in [1.82, 2.24) is 0 Å². The summed E-state index contributed by atoms with van der Waals surface area (Å²) in [5.74, 6) is 0. The van der Waals surface area contributed by atoms with Crippen LogP contribution in [0.4, 0.5) is 17.1 Å². The van der Waals surface area contributed by atoms with Crippen LogP contribution in [0.5, 0.6) is 0 Å². The van der Waals surface area contributed by atoms with Gasteiger partial charge >= 0.3 is 0 Å². The number of fused-ring (bicyclic) bond motifs is 3. The molecule has 0 radical (unpaired) electrons. The van der Waals surface area contributed by atoms with Crippen molar-refractivity contribution in [2.75, 3.05) is 4.90 Å². The molecular formula is C49H35NO. The minimum atomic E-state index is 0.910. The molecule has 0 aliphatic rings. The van der Waals surface area contributed by atoms with E-state index in [0.717, 1.165) is 50.1 Å². The van der Waals surface area contributed by atoms with Gasteiger partial charge < -0.3 is 9.32 Å². The second-order valence-corrected chi connectivity index (χ2v) is 13.1. The molecule has 0 unspecified atom stereocenters. The van der Waals surface area contributed by atoms with E-state index >= 15 is 0 Å². The van der Waals surface area contributed by atoms with Gasteiger partial charge in [-0.3, -0.25) is 0 Å². The summed E-state index contributed by atoms with van der Waals surface area (Å²) in [6.07, 6.45) is 0. The van der Waals surface area contributed by atoms with E-state index in [0.29, 0.717) is 0 Å². The summed E-state index contributed by atoms with van der Waals surface area (Å²) in [5.41, 5.74) is 16.0. The predicted octanol–water partition coefficient (Wildman–Crippen LogP) is 14.0. The summed E-state index contributed by atoms with van der Waals surface area (Å²) in [4.78, 5) is 2.33. The number of para-hydroxylation sites is 1. The van der Waals surface area contributed by atoms with Gasteiger partial charge in [-0.05, 0) is 106 Å². The lowest BCUT2D eigenvalue weighted by molar-refractivity contribution is 0.669. The molecule has 0 saturated carbocycles. The molecule has 0 spiro atoms. The third-order valence-electron chi connectivity index (χ3n) is 9.80. The van der Waals surface area contributed by atoms with Crippen molar-refractivity contribution in [3.8, 4) is 44.5 Å². The molecule has 51 heavy (non-hydrogen) atoms. The summed E-state index contributed by atoms with van der Waals surface area (Å²) in [5, 5.41) is 2.28. The Kier molecular flexibility index (Phi) is 7.75. The maximum atomic E-state index is 6.09. The van der Waals surface area contributed by atoms with E-state index in [-0.39, 0.29) is 0 Å². The molecule has 0 N–H and O–H groups in total. The first-order valence-electron chi connectivity index (χ1n) is 17.4. The van der Waals surface area contributed by atoms with Crippen LogP contribution >= 0.6 is 0 Å². The topological polar surface area (TPSA) is 16.4 Å². The number of anilines is 3. The van der Waals surface area contributed by atoms with E-state index in [4.69, 9.17) is 4.42 Å². The molecule has 0 amide bonds. The summed E-state index contributed by atoms with van der Waals surface area (Å²) in [6.45, 7) is 2.12. The summed E-state index contributed by atoms with van der Waals surface area (Å²) >= 11 is 0. The highest BCUT2D eigenvalue weighted by Crippen LogP contribution is 2.39. The van der Waals surface area contributed by atoms with Gasteiger partial charge in [0.15, 0.2) is 0 Å². The number of furan rings is 1. The molecule has 0 saturated heterocycles. The first-order valence-corrected chi connectivity index (χ1v) is 17.4. The zero-order chi connectivity index (χ0) is 34.1. The molecule has 1 heterocycles. The molecule has 0 fully saturated rings. The number of hydrogen-bond donors (Lipinski definition) is 0. The van der Waals surface area contributed by atoms with E-state index in [1.165, 1.54) is 38.9 Å². The second-order valence-electron chi connectivity index (χ2n) is 13.1. The van der Waals surface area contributed by atoms with Crippen LogP contribution in [0.15, 0.2) is 199 Å². The summed E-state index contributed by atoms with van der Waals surface area (Å²) < 4.78 is 6.09. The summed E-state index contributed by atoms with van der Waals surface area (Å²) in [7, 11) is 0. The highest BCUT2D eigenvalue weighted by molar-refractivity contribution is 6.06. The average Bonchev–Trinajstić information content (AvgIpc) is 3.58. The number of hydrogen-bond acceptors (Lipinski definition) is 2. The van der Waals surface area contributed by atoms with Crippen LogP contribution in [-0.4, -0.2) is 0 Å². The Morgan fingerprint density at radius 3 is 1.22 bits per heavy atom. The van der Waals surface area contributed by atoms with Crippen LogP contribution in [0.25, 0.3) is 66.4 Å². The molecule has 0 atom stereocenters. The van der Waals surface area contributed by atoms with Crippen molar-refractivity contribution in [3.63, 3.8) is 0 Å². The Bertz CT molecular complexity index is 2580. The van der Waals surface area contributed by atoms with E-state index in [9.17, 15) is 0 Å².